The molecule has 0 spiro atoms. The normalized spacial score (nSPS) is 21.2. The second kappa shape index (κ2) is 7.31. The van der Waals surface area contributed by atoms with E-state index in [2.05, 4.69) is 0 Å². The van der Waals surface area contributed by atoms with Crippen molar-refractivity contribution in [2.24, 2.45) is 0 Å². The van der Waals surface area contributed by atoms with Gasteiger partial charge in [-0.15, -0.1) is 0 Å². The second-order valence-corrected chi connectivity index (χ2v) is 11.0. The molecule has 3 rings (SSSR count). The predicted molar refractivity (Wildman–Crippen MR) is 103 cm³/mol. The largest absolute Gasteiger partial charge is 0.243 e. The van der Waals surface area contributed by atoms with E-state index in [1.807, 2.05) is 6.07 Å². The standard InChI is InChI=1S/C18H20ClNO4S2/c1-14-7-8-16(19)13-18(14)26(23,24)20-10-9-17(25(21,22)12-11-20)15-5-3-2-4-6-15/h2-8,13,17H,9-12H2,1H3. The zero-order chi connectivity index (χ0) is 18.9. The molecule has 2 aromatic rings. The van der Waals surface area contributed by atoms with Gasteiger partial charge in [-0.25, -0.2) is 16.8 Å². The molecular weight excluding hydrogens is 394 g/mol. The van der Waals surface area contributed by atoms with E-state index < -0.39 is 25.1 Å². The lowest BCUT2D eigenvalue weighted by Gasteiger charge is -2.21. The number of rotatable bonds is 3. The number of nitrogens with zero attached hydrogens (tertiary/aromatic N) is 1. The van der Waals surface area contributed by atoms with Crippen molar-refractivity contribution in [1.82, 2.24) is 4.31 Å². The Morgan fingerprint density at radius 1 is 1.08 bits per heavy atom. The van der Waals surface area contributed by atoms with Gasteiger partial charge < -0.3 is 0 Å². The summed E-state index contributed by atoms with van der Waals surface area (Å²) in [6.07, 6.45) is 0.227. The highest BCUT2D eigenvalue weighted by Crippen LogP contribution is 2.32. The molecule has 1 fully saturated rings. The van der Waals surface area contributed by atoms with Gasteiger partial charge in [0.05, 0.1) is 15.9 Å². The Morgan fingerprint density at radius 3 is 2.46 bits per heavy atom. The van der Waals surface area contributed by atoms with Gasteiger partial charge in [-0.05, 0) is 36.6 Å². The number of hydrogen-bond acceptors (Lipinski definition) is 4. The zero-order valence-electron chi connectivity index (χ0n) is 14.3. The molecule has 1 aliphatic rings. The van der Waals surface area contributed by atoms with Gasteiger partial charge in [0.25, 0.3) is 0 Å². The Labute approximate surface area is 159 Å². The molecule has 1 heterocycles. The Bertz CT molecular complexity index is 1000. The predicted octanol–water partition coefficient (Wildman–Crippen LogP) is 3.20. The molecule has 0 amide bonds. The molecule has 140 valence electrons. The van der Waals surface area contributed by atoms with Gasteiger partial charge in [-0.3, -0.25) is 0 Å². The number of aryl methyl sites for hydroxylation is 1. The highest BCUT2D eigenvalue weighted by Gasteiger charge is 2.36. The van der Waals surface area contributed by atoms with Crippen LogP contribution >= 0.6 is 11.6 Å². The fourth-order valence-electron chi connectivity index (χ4n) is 3.20. The van der Waals surface area contributed by atoms with Crippen LogP contribution in [0.1, 0.15) is 22.8 Å². The van der Waals surface area contributed by atoms with Crippen LogP contribution in [0.4, 0.5) is 0 Å². The molecule has 1 saturated heterocycles. The van der Waals surface area contributed by atoms with Crippen LogP contribution in [0.2, 0.25) is 5.02 Å². The fourth-order valence-corrected chi connectivity index (χ4v) is 7.05. The second-order valence-electron chi connectivity index (χ2n) is 6.37. The Morgan fingerprint density at radius 2 is 1.77 bits per heavy atom. The molecule has 1 aliphatic heterocycles. The molecule has 8 heteroatoms. The zero-order valence-corrected chi connectivity index (χ0v) is 16.7. The van der Waals surface area contributed by atoms with Crippen LogP contribution in [0, 0.1) is 6.92 Å². The summed E-state index contributed by atoms with van der Waals surface area (Å²) in [5, 5.41) is -0.358. The third-order valence-corrected chi connectivity index (χ3v) is 9.04. The molecule has 1 atom stereocenters. The van der Waals surface area contributed by atoms with Crippen LogP contribution in [-0.2, 0) is 19.9 Å². The van der Waals surface area contributed by atoms with Gasteiger partial charge in [0.15, 0.2) is 9.84 Å². The summed E-state index contributed by atoms with van der Waals surface area (Å²) < 4.78 is 52.7. The first-order valence-electron chi connectivity index (χ1n) is 8.24. The maximum absolute atomic E-state index is 13.0. The molecular formula is C18H20ClNO4S2. The first kappa shape index (κ1) is 19.4. The van der Waals surface area contributed by atoms with E-state index in [4.69, 9.17) is 11.6 Å². The van der Waals surface area contributed by atoms with Gasteiger partial charge in [-0.1, -0.05) is 48.0 Å². The monoisotopic (exact) mass is 413 g/mol. The number of hydrogen-bond donors (Lipinski definition) is 0. The number of benzene rings is 2. The third kappa shape index (κ3) is 3.81. The van der Waals surface area contributed by atoms with Crippen molar-refractivity contribution in [3.05, 3.63) is 64.7 Å². The molecule has 0 aromatic heterocycles. The molecule has 0 saturated carbocycles. The van der Waals surface area contributed by atoms with Crippen LogP contribution in [0.25, 0.3) is 0 Å². The summed E-state index contributed by atoms with van der Waals surface area (Å²) >= 11 is 5.96. The van der Waals surface area contributed by atoms with E-state index in [-0.39, 0.29) is 30.2 Å². The average Bonchev–Trinajstić information content (AvgIpc) is 2.76. The van der Waals surface area contributed by atoms with E-state index >= 15 is 0 Å². The van der Waals surface area contributed by atoms with Crippen molar-refractivity contribution in [3.63, 3.8) is 0 Å². The van der Waals surface area contributed by atoms with E-state index in [1.54, 1.807) is 43.3 Å². The Hall–Kier alpha value is -1.41. The van der Waals surface area contributed by atoms with Gasteiger partial charge in [-0.2, -0.15) is 4.31 Å². The quantitative estimate of drug-likeness (QED) is 0.774. The smallest absolute Gasteiger partial charge is 0.228 e. The van der Waals surface area contributed by atoms with E-state index in [9.17, 15) is 16.8 Å². The summed E-state index contributed by atoms with van der Waals surface area (Å²) in [6.45, 7) is 1.79. The molecule has 2 aromatic carbocycles. The molecule has 26 heavy (non-hydrogen) atoms. The highest BCUT2D eigenvalue weighted by atomic mass is 35.5. The highest BCUT2D eigenvalue weighted by molar-refractivity contribution is 7.92. The van der Waals surface area contributed by atoms with E-state index in [0.29, 0.717) is 16.1 Å². The Balaban J connectivity index is 1.94. The van der Waals surface area contributed by atoms with Crippen LogP contribution in [-0.4, -0.2) is 40.0 Å². The minimum absolute atomic E-state index is 0.0556. The van der Waals surface area contributed by atoms with Crippen molar-refractivity contribution < 1.29 is 16.8 Å². The lowest BCUT2D eigenvalue weighted by atomic mass is 10.1. The molecule has 5 nitrogen and oxygen atoms in total. The summed E-state index contributed by atoms with van der Waals surface area (Å²) in [5.41, 5.74) is 1.28. The summed E-state index contributed by atoms with van der Waals surface area (Å²) in [4.78, 5) is 0.126. The lowest BCUT2D eigenvalue weighted by Crippen LogP contribution is -2.34. The molecule has 1 unspecified atom stereocenters. The first-order chi connectivity index (χ1) is 12.2. The van der Waals surface area contributed by atoms with Crippen molar-refractivity contribution in [1.29, 1.82) is 0 Å². The van der Waals surface area contributed by atoms with Crippen LogP contribution in [0.15, 0.2) is 53.4 Å². The minimum Gasteiger partial charge on any atom is -0.228 e. The summed E-state index contributed by atoms with van der Waals surface area (Å²) in [5.74, 6) is -0.203. The maximum Gasteiger partial charge on any atom is 0.243 e. The number of sulfonamides is 1. The molecule has 0 bridgehead atoms. The topological polar surface area (TPSA) is 71.5 Å². The van der Waals surface area contributed by atoms with Crippen molar-refractivity contribution in [2.75, 3.05) is 18.8 Å². The maximum atomic E-state index is 13.0. The summed E-state index contributed by atoms with van der Waals surface area (Å²) in [6, 6.07) is 13.6. The summed E-state index contributed by atoms with van der Waals surface area (Å²) in [7, 11) is -7.25. The molecule has 0 radical (unpaired) electrons. The van der Waals surface area contributed by atoms with Crippen molar-refractivity contribution in [2.45, 2.75) is 23.5 Å². The Kier molecular flexibility index (Phi) is 5.44. The number of sulfone groups is 1. The number of halogens is 1. The van der Waals surface area contributed by atoms with Crippen LogP contribution in [0.3, 0.4) is 0 Å². The van der Waals surface area contributed by atoms with Crippen LogP contribution in [0.5, 0.6) is 0 Å². The minimum atomic E-state index is -3.81. The SMILES string of the molecule is Cc1ccc(Cl)cc1S(=O)(=O)N1CCC(c2ccccc2)S(=O)(=O)CC1. The van der Waals surface area contributed by atoms with Crippen LogP contribution < -0.4 is 0 Å². The van der Waals surface area contributed by atoms with Gasteiger partial charge in [0, 0.05) is 18.1 Å². The lowest BCUT2D eigenvalue weighted by molar-refractivity contribution is 0.427. The third-order valence-electron chi connectivity index (χ3n) is 4.64. The van der Waals surface area contributed by atoms with E-state index in [1.165, 1.54) is 10.4 Å². The van der Waals surface area contributed by atoms with Crippen molar-refractivity contribution >= 4 is 31.5 Å². The molecule has 0 aliphatic carbocycles. The van der Waals surface area contributed by atoms with Crippen molar-refractivity contribution in [3.8, 4) is 0 Å². The van der Waals surface area contributed by atoms with Gasteiger partial charge in [0.1, 0.15) is 0 Å². The van der Waals surface area contributed by atoms with Gasteiger partial charge in [0.2, 0.25) is 10.0 Å². The average molecular weight is 414 g/mol. The van der Waals surface area contributed by atoms with E-state index in [0.717, 1.165) is 0 Å². The first-order valence-corrected chi connectivity index (χ1v) is 11.8. The molecule has 0 N–H and O–H groups in total. The fraction of sp³-hybridized carbons (Fsp3) is 0.333. The van der Waals surface area contributed by atoms with Gasteiger partial charge >= 0.3 is 0 Å².